The molecule has 0 aromatic rings. The Balaban J connectivity index is 5.19. The molecule has 22 heavy (non-hydrogen) atoms. The normalized spacial score (nSPS) is 14.0. The smallest absolute Gasteiger partial charge is 0.460 e. The van der Waals surface area contributed by atoms with Gasteiger partial charge >= 0.3 is 19.7 Å². The molecule has 1 atom stereocenters. The van der Waals surface area contributed by atoms with Crippen molar-refractivity contribution >= 4 is 35.6 Å². The molecule has 0 amide bonds. The first kappa shape index (κ1) is 20.7. The van der Waals surface area contributed by atoms with Crippen LogP contribution in [0.5, 0.6) is 0 Å². The molecule has 1 unspecified atom stereocenters. The first-order valence-electron chi connectivity index (χ1n) is 6.22. The number of carbonyl (C=O) groups is 2. The minimum absolute atomic E-state index is 0.101. The van der Waals surface area contributed by atoms with E-state index in [-0.39, 0.29) is 19.0 Å². The van der Waals surface area contributed by atoms with Crippen molar-refractivity contribution in [2.24, 2.45) is 0 Å². The van der Waals surface area contributed by atoms with Crippen LogP contribution in [-0.4, -0.2) is 43.9 Å². The third-order valence-electron chi connectivity index (χ3n) is 2.01. The molecule has 0 aliphatic heterocycles. The second-order valence-corrected chi connectivity index (χ2v) is 6.40. The van der Waals surface area contributed by atoms with Crippen LogP contribution < -0.4 is 0 Å². The van der Waals surface area contributed by atoms with Gasteiger partial charge in [-0.15, -0.1) is 0 Å². The fourth-order valence-corrected chi connectivity index (χ4v) is 2.52. The van der Waals surface area contributed by atoms with Gasteiger partial charge in [-0.2, -0.15) is 4.67 Å². The van der Waals surface area contributed by atoms with Crippen LogP contribution in [0.15, 0.2) is 23.1 Å². The molecule has 0 N–H and O–H groups in total. The maximum absolute atomic E-state index is 12.7. The van der Waals surface area contributed by atoms with Gasteiger partial charge in [0.25, 0.3) is 0 Å². The van der Waals surface area contributed by atoms with Crippen LogP contribution in [0.1, 0.15) is 13.8 Å². The Kier molecular flexibility index (Phi) is 9.08. The molecule has 126 valence electrons. The van der Waals surface area contributed by atoms with Gasteiger partial charge < -0.3 is 18.5 Å². The first-order chi connectivity index (χ1) is 10.2. The lowest BCUT2D eigenvalue weighted by molar-refractivity contribution is -0.141. The van der Waals surface area contributed by atoms with Crippen LogP contribution in [0.4, 0.5) is 0 Å². The Morgan fingerprint density at radius 3 is 2.05 bits per heavy atom. The number of ether oxygens (including phenoxy) is 2. The molecule has 0 bridgehead atoms. The molecule has 0 aliphatic rings. The SMILES string of the molecule is C=C(OP(=O)(O/C(=C/Br)C(=O)OCC)N(C)C)C(=O)OCC. The van der Waals surface area contributed by atoms with Crippen LogP contribution in [-0.2, 0) is 32.7 Å². The predicted molar refractivity (Wildman–Crippen MR) is 82.9 cm³/mol. The van der Waals surface area contributed by atoms with Gasteiger partial charge in [0.2, 0.25) is 11.5 Å². The summed E-state index contributed by atoms with van der Waals surface area (Å²) in [5.41, 5.74) is 0. The lowest BCUT2D eigenvalue weighted by Crippen LogP contribution is -2.19. The fraction of sp³-hybridized carbons (Fsp3) is 0.500. The Labute approximate surface area is 137 Å². The zero-order chi connectivity index (χ0) is 17.3. The van der Waals surface area contributed by atoms with Crippen molar-refractivity contribution < 1.29 is 32.7 Å². The molecular formula is C12H19BrNO7P. The Hall–Kier alpha value is -1.31. The lowest BCUT2D eigenvalue weighted by atomic mass is 10.6. The van der Waals surface area contributed by atoms with E-state index in [0.717, 1.165) is 9.66 Å². The fourth-order valence-electron chi connectivity index (χ4n) is 0.998. The van der Waals surface area contributed by atoms with Crippen molar-refractivity contribution in [1.82, 2.24) is 4.67 Å². The summed E-state index contributed by atoms with van der Waals surface area (Å²) in [6.07, 6.45) is 0. The van der Waals surface area contributed by atoms with Crippen LogP contribution in [0.2, 0.25) is 0 Å². The lowest BCUT2D eigenvalue weighted by Gasteiger charge is -2.24. The molecule has 0 aromatic carbocycles. The van der Waals surface area contributed by atoms with Crippen LogP contribution in [0, 0.1) is 0 Å². The van der Waals surface area contributed by atoms with E-state index in [1.54, 1.807) is 13.8 Å². The van der Waals surface area contributed by atoms with Gasteiger partial charge in [0.15, 0.2) is 0 Å². The maximum Gasteiger partial charge on any atom is 0.515 e. The third kappa shape index (κ3) is 6.21. The summed E-state index contributed by atoms with van der Waals surface area (Å²) in [5, 5.41) is 0. The monoisotopic (exact) mass is 399 g/mol. The minimum atomic E-state index is -4.04. The summed E-state index contributed by atoms with van der Waals surface area (Å²) in [6.45, 7) is 6.74. The van der Waals surface area contributed by atoms with Gasteiger partial charge in [-0.25, -0.2) is 14.2 Å². The Morgan fingerprint density at radius 2 is 1.64 bits per heavy atom. The number of esters is 2. The second kappa shape index (κ2) is 9.66. The van der Waals surface area contributed by atoms with Gasteiger partial charge in [0, 0.05) is 4.99 Å². The van der Waals surface area contributed by atoms with E-state index in [2.05, 4.69) is 27.2 Å². The van der Waals surface area contributed by atoms with Crippen molar-refractivity contribution in [3.05, 3.63) is 23.1 Å². The quantitative estimate of drug-likeness (QED) is 0.253. The van der Waals surface area contributed by atoms with Gasteiger partial charge in [-0.3, -0.25) is 0 Å². The molecule has 0 saturated heterocycles. The summed E-state index contributed by atoms with van der Waals surface area (Å²) in [4.78, 5) is 24.2. The van der Waals surface area contributed by atoms with Crippen LogP contribution >= 0.6 is 23.7 Å². The average molecular weight is 400 g/mol. The molecule has 10 heteroatoms. The molecule has 0 fully saturated rings. The first-order valence-corrected chi connectivity index (χ1v) is 8.63. The van der Waals surface area contributed by atoms with Crippen molar-refractivity contribution in [2.75, 3.05) is 27.3 Å². The molecule has 0 aromatic heterocycles. The standard InChI is InChI=1S/C12H19BrNO7P/c1-6-18-11(15)9(3)20-22(17,14(4)5)21-10(8-13)12(16)19-7-2/h8H,3,6-7H2,1-2,4-5H3/b10-8+. The predicted octanol–water partition coefficient (Wildman–Crippen LogP) is 2.57. The van der Waals surface area contributed by atoms with Gasteiger partial charge in [-0.1, -0.05) is 15.9 Å². The molecule has 0 heterocycles. The molecule has 0 radical (unpaired) electrons. The largest absolute Gasteiger partial charge is 0.515 e. The summed E-state index contributed by atoms with van der Waals surface area (Å²) >= 11 is 2.91. The molecule has 0 spiro atoms. The summed E-state index contributed by atoms with van der Waals surface area (Å²) < 4.78 is 33.2. The summed E-state index contributed by atoms with van der Waals surface area (Å²) in [6, 6.07) is 0. The van der Waals surface area contributed by atoms with E-state index >= 15 is 0 Å². The Bertz CT molecular complexity index is 504. The molecule has 0 rings (SSSR count). The summed E-state index contributed by atoms with van der Waals surface area (Å²) in [5.74, 6) is -2.60. The molecular weight excluding hydrogens is 381 g/mol. The van der Waals surface area contributed by atoms with Crippen molar-refractivity contribution in [1.29, 1.82) is 0 Å². The van der Waals surface area contributed by atoms with Crippen molar-refractivity contribution in [3.8, 4) is 0 Å². The van der Waals surface area contributed by atoms with Gasteiger partial charge in [-0.05, 0) is 34.5 Å². The van der Waals surface area contributed by atoms with E-state index in [4.69, 9.17) is 13.8 Å². The third-order valence-corrected chi connectivity index (χ3v) is 4.28. The van der Waals surface area contributed by atoms with E-state index in [1.165, 1.54) is 14.1 Å². The molecule has 0 aliphatic carbocycles. The topological polar surface area (TPSA) is 91.4 Å². The zero-order valence-electron chi connectivity index (χ0n) is 12.8. The van der Waals surface area contributed by atoms with Crippen LogP contribution in [0.25, 0.3) is 0 Å². The van der Waals surface area contributed by atoms with E-state index in [0.29, 0.717) is 0 Å². The maximum atomic E-state index is 12.7. The highest BCUT2D eigenvalue weighted by Crippen LogP contribution is 2.53. The van der Waals surface area contributed by atoms with E-state index in [1.807, 2.05) is 0 Å². The number of nitrogens with zero attached hydrogens (tertiary/aromatic N) is 1. The highest BCUT2D eigenvalue weighted by atomic mass is 79.9. The minimum Gasteiger partial charge on any atom is -0.460 e. The Morgan fingerprint density at radius 1 is 1.14 bits per heavy atom. The van der Waals surface area contributed by atoms with Crippen molar-refractivity contribution in [3.63, 3.8) is 0 Å². The van der Waals surface area contributed by atoms with Gasteiger partial charge in [0.05, 0.1) is 13.2 Å². The van der Waals surface area contributed by atoms with E-state index < -0.39 is 25.4 Å². The molecule has 8 nitrogen and oxygen atoms in total. The van der Waals surface area contributed by atoms with Gasteiger partial charge in [0.1, 0.15) is 0 Å². The highest BCUT2D eigenvalue weighted by Gasteiger charge is 2.36. The molecule has 0 saturated carbocycles. The highest BCUT2D eigenvalue weighted by molar-refractivity contribution is 9.11. The van der Waals surface area contributed by atoms with E-state index in [9.17, 15) is 14.2 Å². The summed E-state index contributed by atoms with van der Waals surface area (Å²) in [7, 11) is -1.27. The number of hydrogen-bond donors (Lipinski definition) is 0. The zero-order valence-corrected chi connectivity index (χ0v) is 15.3. The number of hydrogen-bond acceptors (Lipinski definition) is 7. The number of carbonyl (C=O) groups excluding carboxylic acids is 2. The van der Waals surface area contributed by atoms with Crippen molar-refractivity contribution in [2.45, 2.75) is 13.8 Å². The average Bonchev–Trinajstić information content (AvgIpc) is 2.44. The van der Waals surface area contributed by atoms with Crippen LogP contribution in [0.3, 0.4) is 0 Å². The second-order valence-electron chi connectivity index (χ2n) is 3.84. The number of rotatable bonds is 9. The number of halogens is 1.